The second-order valence-corrected chi connectivity index (χ2v) is 0.588. The first-order chi connectivity index (χ1) is 3.33. The highest BCUT2D eigenvalue weighted by Crippen LogP contribution is 1.48. The predicted octanol–water partition coefficient (Wildman–Crippen LogP) is 1.13. The first-order valence-electron chi connectivity index (χ1n) is 1.89. The smallest absolute Gasteiger partial charge is 0.150 e. The highest BCUT2D eigenvalue weighted by Gasteiger charge is 1.57. The van der Waals surface area contributed by atoms with Crippen molar-refractivity contribution in [1.82, 2.24) is 0 Å². The fourth-order valence-electron chi connectivity index (χ4n) is 0. The number of carbonyl (C=O) groups is 1. The van der Waals surface area contributed by atoms with Gasteiger partial charge in [0.05, 0.1) is 6.67 Å². The molecule has 3 heteroatoms. The molecule has 7 heavy (non-hydrogen) atoms. The van der Waals surface area contributed by atoms with E-state index in [-0.39, 0.29) is 13.0 Å². The van der Waals surface area contributed by atoms with Crippen LogP contribution in [0.25, 0.3) is 0 Å². The van der Waals surface area contributed by atoms with Crippen molar-refractivity contribution in [2.45, 2.75) is 6.92 Å². The molecule has 0 heterocycles. The molecule has 0 saturated carbocycles. The molecule has 0 aliphatic carbocycles. The van der Waals surface area contributed by atoms with E-state index in [1.165, 1.54) is 6.92 Å². The Bertz CT molecular complexity index is 30.9. The maximum Gasteiger partial charge on any atom is 0.150 e. The van der Waals surface area contributed by atoms with Crippen LogP contribution in [0.4, 0.5) is 8.78 Å². The van der Waals surface area contributed by atoms with Gasteiger partial charge in [0, 0.05) is 0 Å². The van der Waals surface area contributed by atoms with Crippen molar-refractivity contribution < 1.29 is 13.6 Å². The van der Waals surface area contributed by atoms with Crippen LogP contribution in [0, 0.1) is 0 Å². The monoisotopic (exact) mass is 110 g/mol. The zero-order chi connectivity index (χ0) is 6.12. The van der Waals surface area contributed by atoms with Gasteiger partial charge in [0.1, 0.15) is 6.67 Å². The average Bonchev–Trinajstić information content (AvgIpc) is 1.69. The van der Waals surface area contributed by atoms with E-state index in [0.717, 1.165) is 0 Å². The SMILES string of the molecule is CCF.O=CCF. The molecular formula is C4H8F2O. The van der Waals surface area contributed by atoms with Crippen molar-refractivity contribution in [3.05, 3.63) is 0 Å². The molecule has 1 nitrogen and oxygen atoms in total. The lowest BCUT2D eigenvalue weighted by molar-refractivity contribution is -0.108. The summed E-state index contributed by atoms with van der Waals surface area (Å²) in [6.45, 7) is 0.347. The zero-order valence-corrected chi connectivity index (χ0v) is 4.16. The third kappa shape index (κ3) is 245. The average molecular weight is 110 g/mol. The molecule has 0 bridgehead atoms. The van der Waals surface area contributed by atoms with Gasteiger partial charge in [-0.1, -0.05) is 0 Å². The first kappa shape index (κ1) is 9.73. The van der Waals surface area contributed by atoms with Crippen molar-refractivity contribution in [1.29, 1.82) is 0 Å². The van der Waals surface area contributed by atoms with E-state index in [2.05, 4.69) is 0 Å². The number of halogens is 2. The Labute approximate surface area is 41.3 Å². The second kappa shape index (κ2) is 17.7. The van der Waals surface area contributed by atoms with Gasteiger partial charge in [0.15, 0.2) is 6.29 Å². The number of hydrogen-bond acceptors (Lipinski definition) is 1. The van der Waals surface area contributed by atoms with Gasteiger partial charge >= 0.3 is 0 Å². The van der Waals surface area contributed by atoms with Crippen LogP contribution in [0.15, 0.2) is 0 Å². The standard InChI is InChI=1S/C2H3FO.C2H5F/c3-1-2-4;1-2-3/h2H,1H2;2H2,1H3. The summed E-state index contributed by atoms with van der Waals surface area (Å²) in [4.78, 5) is 8.80. The van der Waals surface area contributed by atoms with E-state index in [0.29, 0.717) is 0 Å². The summed E-state index contributed by atoms with van der Waals surface area (Å²) in [6.07, 6.45) is 0.208. The Morgan fingerprint density at radius 1 is 1.57 bits per heavy atom. The summed E-state index contributed by atoms with van der Waals surface area (Å²) in [5, 5.41) is 0. The second-order valence-electron chi connectivity index (χ2n) is 0.588. The molecular weight excluding hydrogens is 102 g/mol. The van der Waals surface area contributed by atoms with Crippen LogP contribution in [0.5, 0.6) is 0 Å². The molecule has 0 fully saturated rings. The van der Waals surface area contributed by atoms with Crippen LogP contribution in [0.3, 0.4) is 0 Å². The van der Waals surface area contributed by atoms with Crippen molar-refractivity contribution in [2.75, 3.05) is 13.3 Å². The number of aldehydes is 1. The van der Waals surface area contributed by atoms with E-state index in [1.807, 2.05) is 0 Å². The molecule has 0 aromatic carbocycles. The Morgan fingerprint density at radius 2 is 1.71 bits per heavy atom. The molecule has 0 amide bonds. The van der Waals surface area contributed by atoms with Crippen LogP contribution >= 0.6 is 0 Å². The van der Waals surface area contributed by atoms with Crippen LogP contribution in [-0.2, 0) is 4.79 Å². The molecule has 0 N–H and O–H groups in total. The molecule has 0 atom stereocenters. The molecule has 0 radical (unpaired) electrons. The maximum atomic E-state index is 10.4. The fourth-order valence-corrected chi connectivity index (χ4v) is 0. The van der Waals surface area contributed by atoms with Crippen molar-refractivity contribution in [2.24, 2.45) is 0 Å². The van der Waals surface area contributed by atoms with Crippen LogP contribution < -0.4 is 0 Å². The summed E-state index contributed by atoms with van der Waals surface area (Å²) in [7, 11) is 0. The zero-order valence-electron chi connectivity index (χ0n) is 4.16. The van der Waals surface area contributed by atoms with Crippen LogP contribution in [0.1, 0.15) is 6.92 Å². The summed E-state index contributed by atoms with van der Waals surface area (Å²) < 4.78 is 20.6. The van der Waals surface area contributed by atoms with E-state index in [1.54, 1.807) is 0 Å². The molecule has 0 unspecified atom stereocenters. The maximum absolute atomic E-state index is 10.4. The normalized spacial score (nSPS) is 6.14. The van der Waals surface area contributed by atoms with E-state index < -0.39 is 6.67 Å². The summed E-state index contributed by atoms with van der Waals surface area (Å²) >= 11 is 0. The molecule has 0 spiro atoms. The van der Waals surface area contributed by atoms with Gasteiger partial charge < -0.3 is 4.79 Å². The van der Waals surface area contributed by atoms with E-state index >= 15 is 0 Å². The third-order valence-corrected chi connectivity index (χ3v) is 0.0630. The van der Waals surface area contributed by atoms with Gasteiger partial charge in [0.2, 0.25) is 0 Å². The van der Waals surface area contributed by atoms with Gasteiger partial charge in [-0.15, -0.1) is 0 Å². The molecule has 0 aromatic heterocycles. The topological polar surface area (TPSA) is 17.1 Å². The Balaban J connectivity index is 0. The number of carbonyl (C=O) groups excluding carboxylic acids is 1. The molecule has 0 aromatic rings. The predicted molar refractivity (Wildman–Crippen MR) is 23.7 cm³/mol. The fraction of sp³-hybridized carbons (Fsp3) is 0.750. The number of hydrogen-bond donors (Lipinski definition) is 0. The van der Waals surface area contributed by atoms with Crippen molar-refractivity contribution in [3.63, 3.8) is 0 Å². The summed E-state index contributed by atoms with van der Waals surface area (Å²) in [5.41, 5.74) is 0. The summed E-state index contributed by atoms with van der Waals surface area (Å²) in [5.74, 6) is 0. The van der Waals surface area contributed by atoms with Gasteiger partial charge in [-0.05, 0) is 6.92 Å². The Morgan fingerprint density at radius 3 is 1.71 bits per heavy atom. The molecule has 0 aliphatic heterocycles. The van der Waals surface area contributed by atoms with E-state index in [4.69, 9.17) is 4.79 Å². The van der Waals surface area contributed by atoms with Crippen LogP contribution in [-0.4, -0.2) is 19.6 Å². The van der Waals surface area contributed by atoms with E-state index in [9.17, 15) is 8.78 Å². The quantitative estimate of drug-likeness (QED) is 0.462. The van der Waals surface area contributed by atoms with Gasteiger partial charge in [-0.3, -0.25) is 4.39 Å². The lowest BCUT2D eigenvalue weighted by Gasteiger charge is -1.48. The largest absolute Gasteiger partial charge is 0.300 e. The Kier molecular flexibility index (Phi) is 24.6. The van der Waals surface area contributed by atoms with Gasteiger partial charge in [-0.25, -0.2) is 4.39 Å². The van der Waals surface area contributed by atoms with Gasteiger partial charge in [0.25, 0.3) is 0 Å². The highest BCUT2D eigenvalue weighted by atomic mass is 19.1. The molecule has 0 aliphatic rings. The Hall–Kier alpha value is -0.470. The van der Waals surface area contributed by atoms with Crippen molar-refractivity contribution >= 4 is 6.29 Å². The first-order valence-corrected chi connectivity index (χ1v) is 1.89. The minimum Gasteiger partial charge on any atom is -0.300 e. The van der Waals surface area contributed by atoms with Crippen LogP contribution in [0.2, 0.25) is 0 Å². The number of alkyl halides is 2. The highest BCUT2D eigenvalue weighted by molar-refractivity contribution is 5.50. The third-order valence-electron chi connectivity index (χ3n) is 0.0630. The summed E-state index contributed by atoms with van der Waals surface area (Å²) in [6, 6.07) is 0. The van der Waals surface area contributed by atoms with Gasteiger partial charge in [-0.2, -0.15) is 0 Å². The molecule has 0 saturated heterocycles. The molecule has 44 valence electrons. The van der Waals surface area contributed by atoms with Crippen molar-refractivity contribution in [3.8, 4) is 0 Å². The molecule has 0 rings (SSSR count). The lowest BCUT2D eigenvalue weighted by Crippen LogP contribution is -1.65. The minimum atomic E-state index is -0.861. The minimum absolute atomic E-state index is 0.208. The number of rotatable bonds is 1. The lowest BCUT2D eigenvalue weighted by atomic mass is 10.9.